The first-order chi connectivity index (χ1) is 32.2. The van der Waals surface area contributed by atoms with Crippen molar-refractivity contribution in [2.75, 3.05) is 0 Å². The molecule has 2 saturated heterocycles. The SMILES string of the molecule is CC(C)CCC[C@@H](C)[C@H]1CC[C@H]2[C@@H]3CCC4CC(Oc5ccc(C=CC(=O)c6ccc(Oc7ccc8c(c7)C7C(=O)OC(=O)C7CC8C7CC(=O)OC7=O)cc6)cc5)CC[C@]4(C)[C@H]3CC[C@]12C. The van der Waals surface area contributed by atoms with E-state index in [0.29, 0.717) is 39.0 Å². The van der Waals surface area contributed by atoms with Crippen LogP contribution in [0.5, 0.6) is 17.2 Å². The second-order valence-corrected chi connectivity index (χ2v) is 22.7. The van der Waals surface area contributed by atoms with Gasteiger partial charge in [-0.15, -0.1) is 0 Å². The van der Waals surface area contributed by atoms with Crippen LogP contribution in [0.2, 0.25) is 0 Å². The number of hydrogen-bond donors (Lipinski definition) is 0. The van der Waals surface area contributed by atoms with E-state index in [1.165, 1.54) is 64.2 Å². The van der Waals surface area contributed by atoms with E-state index in [-0.39, 0.29) is 24.7 Å². The predicted octanol–water partition coefficient (Wildman–Crippen LogP) is 12.6. The van der Waals surface area contributed by atoms with Crippen molar-refractivity contribution < 1.29 is 42.9 Å². The van der Waals surface area contributed by atoms with E-state index in [1.807, 2.05) is 30.3 Å². The summed E-state index contributed by atoms with van der Waals surface area (Å²) in [6.07, 6.45) is 20.0. The number of hydrogen-bond acceptors (Lipinski definition) is 9. The number of carbonyl (C=O) groups excluding carboxylic acids is 5. The normalized spacial score (nSPS) is 34.7. The lowest BCUT2D eigenvalue weighted by Crippen LogP contribution is -2.54. The summed E-state index contributed by atoms with van der Waals surface area (Å²) >= 11 is 0. The Morgan fingerprint density at radius 3 is 2.16 bits per heavy atom. The van der Waals surface area contributed by atoms with Gasteiger partial charge in [0.05, 0.1) is 30.3 Å². The maximum Gasteiger partial charge on any atom is 0.321 e. The first-order valence-corrected chi connectivity index (χ1v) is 25.6. The Labute approximate surface area is 396 Å². The van der Waals surface area contributed by atoms with Gasteiger partial charge in [-0.1, -0.05) is 78.2 Å². The van der Waals surface area contributed by atoms with Crippen LogP contribution in [0.3, 0.4) is 0 Å². The number of allylic oxidation sites excluding steroid dienone is 1. The minimum atomic E-state index is -0.823. The molecule has 9 nitrogen and oxygen atoms in total. The van der Waals surface area contributed by atoms with Crippen molar-refractivity contribution in [3.8, 4) is 17.2 Å². The topological polar surface area (TPSA) is 122 Å². The van der Waals surface area contributed by atoms with Gasteiger partial charge in [0.25, 0.3) is 0 Å². The molecule has 5 aliphatic carbocycles. The number of benzene rings is 3. The predicted molar refractivity (Wildman–Crippen MR) is 254 cm³/mol. The second kappa shape index (κ2) is 18.1. The van der Waals surface area contributed by atoms with Crippen molar-refractivity contribution in [2.45, 2.75) is 142 Å². The highest BCUT2D eigenvalue weighted by molar-refractivity contribution is 6.07. The fraction of sp³-hybridized carbons (Fsp3) is 0.569. The number of rotatable bonds is 13. The van der Waals surface area contributed by atoms with Gasteiger partial charge in [-0.2, -0.15) is 0 Å². The molecule has 7 aliphatic rings. The lowest BCUT2D eigenvalue weighted by Gasteiger charge is -2.61. The molecule has 3 aromatic carbocycles. The minimum Gasteiger partial charge on any atom is -0.490 e. The van der Waals surface area contributed by atoms with Crippen molar-refractivity contribution in [2.24, 2.45) is 64.1 Å². The summed E-state index contributed by atoms with van der Waals surface area (Å²) in [5, 5.41) is 0. The summed E-state index contributed by atoms with van der Waals surface area (Å²) in [6.45, 7) is 12.7. The molecule has 2 heterocycles. The average Bonchev–Trinajstić information content (AvgIpc) is 3.95. The summed E-state index contributed by atoms with van der Waals surface area (Å²) in [7, 11) is 0. The molecule has 6 unspecified atom stereocenters. The standard InChI is InChI=1S/C58H68O9/c1-33(2)7-6-8-34(3)48-22-23-49-43-20-14-37-29-41(25-27-57(37,4)50(43)26-28-58(48,49)5)65-38-15-9-35(10-16-38)11-24-51(59)36-12-17-39(18-13-36)64-40-19-21-42-44(46-32-52(60)66-54(46)61)31-47-53(45(42)30-40)56(63)67-55(47)62/h9-13,15-19,21,24,30,33-34,37,41,43-44,46-50,53H,6-8,14,20,22-23,25-29,31-32H2,1-5H3/t34-,37?,41?,43+,44?,46?,47?,48-,49+,50+,53?,57+,58-/m1/s1. The first-order valence-electron chi connectivity index (χ1n) is 25.6. The lowest BCUT2D eigenvalue weighted by atomic mass is 9.44. The molecule has 0 spiro atoms. The van der Waals surface area contributed by atoms with Crippen LogP contribution in [-0.4, -0.2) is 35.8 Å². The van der Waals surface area contributed by atoms with Gasteiger partial charge < -0.3 is 18.9 Å². The number of fused-ring (bicyclic) bond motifs is 8. The van der Waals surface area contributed by atoms with Crippen LogP contribution < -0.4 is 9.47 Å². The van der Waals surface area contributed by atoms with Gasteiger partial charge in [-0.3, -0.25) is 24.0 Å². The van der Waals surface area contributed by atoms with E-state index < -0.39 is 47.5 Å². The zero-order valence-corrected chi connectivity index (χ0v) is 40.0. The smallest absolute Gasteiger partial charge is 0.321 e. The third-order valence-electron chi connectivity index (χ3n) is 18.7. The second-order valence-electron chi connectivity index (χ2n) is 22.7. The van der Waals surface area contributed by atoms with Crippen LogP contribution in [0, 0.1) is 64.1 Å². The molecule has 67 heavy (non-hydrogen) atoms. The molecule has 3 aromatic rings. The Bertz CT molecular complexity index is 2430. The van der Waals surface area contributed by atoms with Gasteiger partial charge >= 0.3 is 23.9 Å². The molecular weight excluding hydrogens is 841 g/mol. The van der Waals surface area contributed by atoms with Crippen molar-refractivity contribution in [3.63, 3.8) is 0 Å². The summed E-state index contributed by atoms with van der Waals surface area (Å²) in [5.74, 6) is 2.30. The quantitative estimate of drug-likeness (QED) is 0.0714. The van der Waals surface area contributed by atoms with Gasteiger partial charge in [0.15, 0.2) is 5.78 Å². The van der Waals surface area contributed by atoms with Crippen molar-refractivity contribution in [1.82, 2.24) is 0 Å². The Morgan fingerprint density at radius 2 is 1.42 bits per heavy atom. The Kier molecular flexibility index (Phi) is 12.4. The Morgan fingerprint density at radius 1 is 0.701 bits per heavy atom. The number of carbonyl (C=O) groups is 5. The Hall–Kier alpha value is -5.05. The third kappa shape index (κ3) is 8.60. The van der Waals surface area contributed by atoms with Crippen LogP contribution in [0.25, 0.3) is 6.08 Å². The molecule has 0 aromatic heterocycles. The fourth-order valence-corrected chi connectivity index (χ4v) is 15.2. The molecule has 0 N–H and O–H groups in total. The van der Waals surface area contributed by atoms with E-state index in [1.54, 1.807) is 48.5 Å². The van der Waals surface area contributed by atoms with E-state index in [2.05, 4.69) is 34.6 Å². The number of ether oxygens (including phenoxy) is 4. The molecule has 2 aliphatic heterocycles. The van der Waals surface area contributed by atoms with E-state index in [4.69, 9.17) is 18.9 Å². The molecule has 0 radical (unpaired) electrons. The summed E-state index contributed by atoms with van der Waals surface area (Å²) in [5.41, 5.74) is 3.61. The number of esters is 4. The zero-order chi connectivity index (χ0) is 46.8. The molecule has 6 fully saturated rings. The van der Waals surface area contributed by atoms with Crippen LogP contribution in [0.15, 0.2) is 72.8 Å². The van der Waals surface area contributed by atoms with Gasteiger partial charge in [-0.05, 0) is 194 Å². The van der Waals surface area contributed by atoms with Crippen LogP contribution >= 0.6 is 0 Å². The molecule has 10 rings (SSSR count). The molecular formula is C58H68O9. The summed E-state index contributed by atoms with van der Waals surface area (Å²) in [6, 6.07) is 20.1. The van der Waals surface area contributed by atoms with Crippen molar-refractivity contribution in [1.29, 1.82) is 0 Å². The van der Waals surface area contributed by atoms with Gasteiger partial charge in [0, 0.05) is 5.56 Å². The molecule has 354 valence electrons. The van der Waals surface area contributed by atoms with Gasteiger partial charge in [-0.25, -0.2) is 0 Å². The van der Waals surface area contributed by atoms with E-state index >= 15 is 0 Å². The minimum absolute atomic E-state index is 0.0803. The molecule has 4 saturated carbocycles. The summed E-state index contributed by atoms with van der Waals surface area (Å²) in [4.78, 5) is 63.2. The number of cyclic esters (lactones) is 4. The summed E-state index contributed by atoms with van der Waals surface area (Å²) < 4.78 is 22.7. The largest absolute Gasteiger partial charge is 0.490 e. The fourth-order valence-electron chi connectivity index (χ4n) is 15.2. The zero-order valence-electron chi connectivity index (χ0n) is 40.0. The van der Waals surface area contributed by atoms with Crippen LogP contribution in [-0.2, 0) is 28.7 Å². The van der Waals surface area contributed by atoms with E-state index in [0.717, 1.165) is 65.6 Å². The number of ketones is 1. The average molecular weight is 909 g/mol. The van der Waals surface area contributed by atoms with Crippen molar-refractivity contribution in [3.05, 3.63) is 95.1 Å². The van der Waals surface area contributed by atoms with E-state index in [9.17, 15) is 24.0 Å². The highest BCUT2D eigenvalue weighted by atomic mass is 16.6. The monoisotopic (exact) mass is 908 g/mol. The third-order valence-corrected chi connectivity index (χ3v) is 18.7. The van der Waals surface area contributed by atoms with Crippen molar-refractivity contribution >= 4 is 35.7 Å². The molecule has 9 heteroatoms. The highest BCUT2D eigenvalue weighted by Crippen LogP contribution is 2.68. The molecule has 13 atom stereocenters. The van der Waals surface area contributed by atoms with Gasteiger partial charge in [0.2, 0.25) is 0 Å². The van der Waals surface area contributed by atoms with Crippen LogP contribution in [0.4, 0.5) is 0 Å². The Balaban J connectivity index is 0.722. The lowest BCUT2D eigenvalue weighted by molar-refractivity contribution is -0.155. The maximum absolute atomic E-state index is 13.2. The maximum atomic E-state index is 13.2. The van der Waals surface area contributed by atoms with Crippen LogP contribution in [0.1, 0.15) is 163 Å². The first kappa shape index (κ1) is 45.7. The molecule has 0 amide bonds. The van der Waals surface area contributed by atoms with Gasteiger partial charge in [0.1, 0.15) is 17.2 Å². The highest BCUT2D eigenvalue weighted by Gasteiger charge is 2.61. The molecule has 0 bridgehead atoms.